The van der Waals surface area contributed by atoms with Crippen LogP contribution in [0.2, 0.25) is 0 Å². The van der Waals surface area contributed by atoms with Crippen LogP contribution in [0.1, 0.15) is 35.9 Å². The van der Waals surface area contributed by atoms with Gasteiger partial charge < -0.3 is 4.57 Å². The van der Waals surface area contributed by atoms with Gasteiger partial charge in [0.25, 0.3) is 0 Å². The van der Waals surface area contributed by atoms with E-state index in [0.29, 0.717) is 12.8 Å². The molecule has 20 heavy (non-hydrogen) atoms. The minimum absolute atomic E-state index is 0.221. The van der Waals surface area contributed by atoms with E-state index >= 15 is 0 Å². The number of aryl methyl sites for hydroxylation is 3. The van der Waals surface area contributed by atoms with Crippen LogP contribution in [-0.4, -0.2) is 15.3 Å². The van der Waals surface area contributed by atoms with Crippen molar-refractivity contribution in [2.24, 2.45) is 0 Å². The van der Waals surface area contributed by atoms with Crippen molar-refractivity contribution in [1.82, 2.24) is 9.55 Å². The Morgan fingerprint density at radius 1 is 1.15 bits per heavy atom. The van der Waals surface area contributed by atoms with Gasteiger partial charge in [-0.05, 0) is 25.8 Å². The minimum Gasteiger partial charge on any atom is -0.335 e. The molecule has 0 saturated carbocycles. The van der Waals surface area contributed by atoms with Crippen molar-refractivity contribution in [3.63, 3.8) is 0 Å². The third kappa shape index (κ3) is 3.80. The van der Waals surface area contributed by atoms with Crippen molar-refractivity contribution in [3.8, 4) is 0 Å². The van der Waals surface area contributed by atoms with Crippen LogP contribution in [0.25, 0.3) is 0 Å². The molecule has 0 radical (unpaired) electrons. The lowest BCUT2D eigenvalue weighted by atomic mass is 10.0. The highest BCUT2D eigenvalue weighted by Crippen LogP contribution is 2.11. The average Bonchev–Trinajstić information content (AvgIpc) is 2.75. The number of Topliss-reactive ketones (excluding diaryl/α,β-unsaturated/α-hetero) is 1. The molecule has 3 heteroatoms. The van der Waals surface area contributed by atoms with Crippen LogP contribution < -0.4 is 0 Å². The molecule has 0 atom stereocenters. The Morgan fingerprint density at radius 2 is 1.85 bits per heavy atom. The fourth-order valence-corrected chi connectivity index (χ4v) is 2.59. The Balaban J connectivity index is 2.03. The standard InChI is InChI=1S/C17H22N2O/c1-4-6-19-7-5-18-17(19)12-16(20)11-15-9-13(2)8-14(3)10-15/h5,7-10H,4,6,11-12H2,1-3H3. The van der Waals surface area contributed by atoms with Gasteiger partial charge in [0.2, 0.25) is 0 Å². The van der Waals surface area contributed by atoms with Gasteiger partial charge in [-0.25, -0.2) is 4.98 Å². The molecule has 0 aliphatic carbocycles. The summed E-state index contributed by atoms with van der Waals surface area (Å²) in [5, 5.41) is 0. The maximum atomic E-state index is 12.2. The fraction of sp³-hybridized carbons (Fsp3) is 0.412. The molecule has 0 fully saturated rings. The van der Waals surface area contributed by atoms with Gasteiger partial charge in [-0.2, -0.15) is 0 Å². The van der Waals surface area contributed by atoms with Crippen LogP contribution in [0.15, 0.2) is 30.6 Å². The second-order valence-electron chi connectivity index (χ2n) is 5.43. The zero-order valence-electron chi connectivity index (χ0n) is 12.5. The van der Waals surface area contributed by atoms with Gasteiger partial charge in [0.05, 0.1) is 6.42 Å². The van der Waals surface area contributed by atoms with E-state index in [0.717, 1.165) is 24.4 Å². The number of benzene rings is 1. The largest absolute Gasteiger partial charge is 0.335 e. The molecule has 0 saturated heterocycles. The van der Waals surface area contributed by atoms with Gasteiger partial charge in [-0.15, -0.1) is 0 Å². The predicted molar refractivity (Wildman–Crippen MR) is 80.8 cm³/mol. The second kappa shape index (κ2) is 6.51. The van der Waals surface area contributed by atoms with Crippen molar-refractivity contribution in [2.45, 2.75) is 46.6 Å². The van der Waals surface area contributed by atoms with Gasteiger partial charge in [-0.3, -0.25) is 4.79 Å². The van der Waals surface area contributed by atoms with E-state index in [4.69, 9.17) is 0 Å². The highest BCUT2D eigenvalue weighted by Gasteiger charge is 2.10. The number of carbonyl (C=O) groups excluding carboxylic acids is 1. The first-order valence-electron chi connectivity index (χ1n) is 7.17. The fourth-order valence-electron chi connectivity index (χ4n) is 2.59. The molecule has 0 aliphatic heterocycles. The zero-order valence-corrected chi connectivity index (χ0v) is 12.5. The number of rotatable bonds is 6. The summed E-state index contributed by atoms with van der Waals surface area (Å²) in [6.07, 6.45) is 5.67. The Bertz CT molecular complexity index is 579. The predicted octanol–water partition coefficient (Wildman–Crippen LogP) is 3.26. The molecule has 0 bridgehead atoms. The first-order chi connectivity index (χ1) is 9.58. The van der Waals surface area contributed by atoms with Gasteiger partial charge in [-0.1, -0.05) is 36.2 Å². The Labute approximate surface area is 120 Å². The third-order valence-corrected chi connectivity index (χ3v) is 3.30. The monoisotopic (exact) mass is 270 g/mol. The van der Waals surface area contributed by atoms with E-state index in [9.17, 15) is 4.79 Å². The highest BCUT2D eigenvalue weighted by molar-refractivity contribution is 5.82. The van der Waals surface area contributed by atoms with Crippen LogP contribution in [0.4, 0.5) is 0 Å². The molecule has 0 amide bonds. The molecular weight excluding hydrogens is 248 g/mol. The molecule has 2 aromatic rings. The molecule has 3 nitrogen and oxygen atoms in total. The van der Waals surface area contributed by atoms with E-state index in [1.165, 1.54) is 11.1 Å². The van der Waals surface area contributed by atoms with Crippen molar-refractivity contribution in [3.05, 3.63) is 53.1 Å². The first kappa shape index (κ1) is 14.5. The maximum absolute atomic E-state index is 12.2. The van der Waals surface area contributed by atoms with E-state index in [1.807, 2.05) is 6.20 Å². The number of ketones is 1. The summed E-state index contributed by atoms with van der Waals surface area (Å²) in [5.74, 6) is 1.10. The van der Waals surface area contributed by atoms with Crippen LogP contribution >= 0.6 is 0 Å². The van der Waals surface area contributed by atoms with Crippen molar-refractivity contribution in [1.29, 1.82) is 0 Å². The molecule has 0 unspecified atom stereocenters. The maximum Gasteiger partial charge on any atom is 0.144 e. The topological polar surface area (TPSA) is 34.9 Å². The lowest BCUT2D eigenvalue weighted by Gasteiger charge is -2.07. The minimum atomic E-state index is 0.221. The van der Waals surface area contributed by atoms with Crippen molar-refractivity contribution in [2.75, 3.05) is 0 Å². The summed E-state index contributed by atoms with van der Waals surface area (Å²) >= 11 is 0. The summed E-state index contributed by atoms with van der Waals surface area (Å²) in [4.78, 5) is 16.5. The Kier molecular flexibility index (Phi) is 4.72. The Hall–Kier alpha value is -1.90. The molecule has 1 aromatic carbocycles. The number of imidazole rings is 1. The summed E-state index contributed by atoms with van der Waals surface area (Å²) < 4.78 is 2.07. The smallest absolute Gasteiger partial charge is 0.144 e. The van der Waals surface area contributed by atoms with E-state index in [-0.39, 0.29) is 5.78 Å². The summed E-state index contributed by atoms with van der Waals surface area (Å²) in [6.45, 7) is 7.18. The molecule has 0 N–H and O–H groups in total. The SMILES string of the molecule is CCCn1ccnc1CC(=O)Cc1cc(C)cc(C)c1. The van der Waals surface area contributed by atoms with Crippen LogP contribution in [-0.2, 0) is 24.2 Å². The van der Waals surface area contributed by atoms with E-state index < -0.39 is 0 Å². The first-order valence-corrected chi connectivity index (χ1v) is 7.17. The molecule has 1 heterocycles. The van der Waals surface area contributed by atoms with E-state index in [2.05, 4.69) is 48.5 Å². The summed E-state index contributed by atoms with van der Waals surface area (Å²) in [6, 6.07) is 6.30. The lowest BCUT2D eigenvalue weighted by Crippen LogP contribution is -2.12. The number of nitrogens with zero attached hydrogens (tertiary/aromatic N) is 2. The van der Waals surface area contributed by atoms with Gasteiger partial charge in [0.1, 0.15) is 11.6 Å². The van der Waals surface area contributed by atoms with Gasteiger partial charge in [0.15, 0.2) is 0 Å². The molecule has 106 valence electrons. The summed E-state index contributed by atoms with van der Waals surface area (Å²) in [7, 11) is 0. The zero-order chi connectivity index (χ0) is 14.5. The molecule has 1 aromatic heterocycles. The number of hydrogen-bond acceptors (Lipinski definition) is 2. The molecule has 2 rings (SSSR count). The molecule has 0 spiro atoms. The second-order valence-corrected chi connectivity index (χ2v) is 5.43. The van der Waals surface area contributed by atoms with E-state index in [1.54, 1.807) is 6.20 Å². The molecular formula is C17H22N2O. The molecule has 0 aliphatic rings. The van der Waals surface area contributed by atoms with Crippen LogP contribution in [0, 0.1) is 13.8 Å². The van der Waals surface area contributed by atoms with Crippen molar-refractivity contribution < 1.29 is 4.79 Å². The summed E-state index contributed by atoms with van der Waals surface area (Å²) in [5.41, 5.74) is 3.52. The number of aromatic nitrogens is 2. The van der Waals surface area contributed by atoms with Gasteiger partial charge in [0, 0.05) is 25.4 Å². The van der Waals surface area contributed by atoms with Crippen LogP contribution in [0.3, 0.4) is 0 Å². The number of carbonyl (C=O) groups is 1. The van der Waals surface area contributed by atoms with Crippen LogP contribution in [0.5, 0.6) is 0 Å². The lowest BCUT2D eigenvalue weighted by molar-refractivity contribution is -0.117. The number of hydrogen-bond donors (Lipinski definition) is 0. The average molecular weight is 270 g/mol. The normalized spacial score (nSPS) is 10.8. The Morgan fingerprint density at radius 3 is 2.50 bits per heavy atom. The quantitative estimate of drug-likeness (QED) is 0.807. The third-order valence-electron chi connectivity index (χ3n) is 3.30. The highest BCUT2D eigenvalue weighted by atomic mass is 16.1. The van der Waals surface area contributed by atoms with Crippen molar-refractivity contribution >= 4 is 5.78 Å². The van der Waals surface area contributed by atoms with Gasteiger partial charge >= 0.3 is 0 Å².